The molecule has 17 heavy (non-hydrogen) atoms. The number of carbonyl (C=O) groups excluding carboxylic acids is 1. The summed E-state index contributed by atoms with van der Waals surface area (Å²) in [5.74, 6) is -0.0503. The molecule has 1 unspecified atom stereocenters. The van der Waals surface area contributed by atoms with Crippen molar-refractivity contribution < 1.29 is 9.53 Å². The third kappa shape index (κ3) is 4.17. The maximum absolute atomic E-state index is 11.9. The van der Waals surface area contributed by atoms with E-state index in [1.807, 2.05) is 37.3 Å². The summed E-state index contributed by atoms with van der Waals surface area (Å²) in [7, 11) is 3.35. The fourth-order valence-corrected chi connectivity index (χ4v) is 1.61. The molecule has 0 spiro atoms. The lowest BCUT2D eigenvalue weighted by atomic mass is 10.1. The number of rotatable bonds is 6. The molecule has 0 fully saturated rings. The zero-order valence-electron chi connectivity index (χ0n) is 10.6. The second kappa shape index (κ2) is 7.04. The van der Waals surface area contributed by atoms with Crippen LogP contribution in [-0.4, -0.2) is 32.2 Å². The lowest BCUT2D eigenvalue weighted by molar-refractivity contribution is -0.126. The van der Waals surface area contributed by atoms with E-state index in [1.165, 1.54) is 0 Å². The topological polar surface area (TPSA) is 50.4 Å². The van der Waals surface area contributed by atoms with E-state index >= 15 is 0 Å². The maximum Gasteiger partial charge on any atom is 0.240 e. The van der Waals surface area contributed by atoms with E-state index in [-0.39, 0.29) is 18.1 Å². The average Bonchev–Trinajstić information content (AvgIpc) is 2.38. The van der Waals surface area contributed by atoms with Gasteiger partial charge in [-0.05, 0) is 19.5 Å². The largest absolute Gasteiger partial charge is 0.380 e. The van der Waals surface area contributed by atoms with E-state index in [0.717, 1.165) is 5.56 Å². The van der Waals surface area contributed by atoms with Crippen molar-refractivity contribution in [3.8, 4) is 0 Å². The standard InChI is InChI=1S/C13H20N2O2/c1-10(17-3)12(14-2)13(16)15-9-11-7-5-4-6-8-11/h4-8,10,12,14H,9H2,1-3H3,(H,15,16)/t10-,12?/m1/s1. The summed E-state index contributed by atoms with van der Waals surface area (Å²) < 4.78 is 5.15. The molecule has 0 aromatic heterocycles. The quantitative estimate of drug-likeness (QED) is 0.772. The Hall–Kier alpha value is -1.39. The lowest BCUT2D eigenvalue weighted by Gasteiger charge is -2.21. The van der Waals surface area contributed by atoms with Crippen LogP contribution in [0.1, 0.15) is 12.5 Å². The predicted molar refractivity (Wildman–Crippen MR) is 67.6 cm³/mol. The zero-order valence-corrected chi connectivity index (χ0v) is 10.6. The fourth-order valence-electron chi connectivity index (χ4n) is 1.61. The fraction of sp³-hybridized carbons (Fsp3) is 0.462. The van der Waals surface area contributed by atoms with Gasteiger partial charge >= 0.3 is 0 Å². The molecule has 0 bridgehead atoms. The van der Waals surface area contributed by atoms with Crippen LogP contribution in [0.3, 0.4) is 0 Å². The van der Waals surface area contributed by atoms with E-state index in [4.69, 9.17) is 4.74 Å². The van der Waals surface area contributed by atoms with Gasteiger partial charge in [0.2, 0.25) is 5.91 Å². The number of hydrogen-bond donors (Lipinski definition) is 2. The molecule has 0 saturated heterocycles. The summed E-state index contributed by atoms with van der Waals surface area (Å²) in [6, 6.07) is 9.49. The molecular weight excluding hydrogens is 216 g/mol. The van der Waals surface area contributed by atoms with Crippen molar-refractivity contribution >= 4 is 5.91 Å². The van der Waals surface area contributed by atoms with Crippen molar-refractivity contribution in [1.82, 2.24) is 10.6 Å². The summed E-state index contributed by atoms with van der Waals surface area (Å²) >= 11 is 0. The number of nitrogens with one attached hydrogen (secondary N) is 2. The van der Waals surface area contributed by atoms with E-state index in [0.29, 0.717) is 6.54 Å². The Morgan fingerprint density at radius 2 is 2.00 bits per heavy atom. The molecular formula is C13H20N2O2. The highest BCUT2D eigenvalue weighted by Crippen LogP contribution is 2.00. The molecule has 4 heteroatoms. The second-order valence-corrected chi connectivity index (χ2v) is 3.91. The van der Waals surface area contributed by atoms with Crippen molar-refractivity contribution in [2.45, 2.75) is 25.6 Å². The van der Waals surface area contributed by atoms with Crippen LogP contribution in [0.2, 0.25) is 0 Å². The molecule has 94 valence electrons. The third-order valence-electron chi connectivity index (χ3n) is 2.74. The van der Waals surface area contributed by atoms with E-state index in [9.17, 15) is 4.79 Å². The highest BCUT2D eigenvalue weighted by Gasteiger charge is 2.22. The van der Waals surface area contributed by atoms with Crippen molar-refractivity contribution in [2.24, 2.45) is 0 Å². The summed E-state index contributed by atoms with van der Waals surface area (Å²) in [4.78, 5) is 11.9. The first kappa shape index (κ1) is 13.7. The summed E-state index contributed by atoms with van der Waals surface area (Å²) in [5.41, 5.74) is 1.08. The van der Waals surface area contributed by atoms with Crippen LogP contribution >= 0.6 is 0 Å². The monoisotopic (exact) mass is 236 g/mol. The Kier molecular flexibility index (Phi) is 5.66. The van der Waals surface area contributed by atoms with Crippen LogP contribution in [0.4, 0.5) is 0 Å². The van der Waals surface area contributed by atoms with E-state index in [2.05, 4.69) is 10.6 Å². The number of ether oxygens (including phenoxy) is 1. The normalized spacial score (nSPS) is 14.1. The Labute approximate surface area is 102 Å². The third-order valence-corrected chi connectivity index (χ3v) is 2.74. The summed E-state index contributed by atoms with van der Waals surface area (Å²) in [6.07, 6.45) is -0.157. The maximum atomic E-state index is 11.9. The van der Waals surface area contributed by atoms with Gasteiger partial charge in [-0.3, -0.25) is 4.79 Å². The molecule has 0 aliphatic rings. The van der Waals surface area contributed by atoms with Gasteiger partial charge < -0.3 is 15.4 Å². The van der Waals surface area contributed by atoms with Gasteiger partial charge in [0, 0.05) is 13.7 Å². The first-order chi connectivity index (χ1) is 8.19. The Bertz CT molecular complexity index is 341. The molecule has 1 aromatic rings. The molecule has 1 aromatic carbocycles. The van der Waals surface area contributed by atoms with Gasteiger partial charge in [0.05, 0.1) is 6.10 Å². The number of likely N-dealkylation sites (N-methyl/N-ethyl adjacent to an activating group) is 1. The first-order valence-corrected chi connectivity index (χ1v) is 5.70. The molecule has 1 rings (SSSR count). The zero-order chi connectivity index (χ0) is 12.7. The molecule has 0 heterocycles. The average molecular weight is 236 g/mol. The van der Waals surface area contributed by atoms with Gasteiger partial charge in [0.25, 0.3) is 0 Å². The minimum Gasteiger partial charge on any atom is -0.380 e. The predicted octanol–water partition coefficient (Wildman–Crippen LogP) is 0.926. The minimum atomic E-state index is -0.330. The number of hydrogen-bond acceptors (Lipinski definition) is 3. The van der Waals surface area contributed by atoms with Gasteiger partial charge in [-0.1, -0.05) is 30.3 Å². The molecule has 2 atom stereocenters. The van der Waals surface area contributed by atoms with Crippen LogP contribution in [0.25, 0.3) is 0 Å². The van der Waals surface area contributed by atoms with E-state index < -0.39 is 0 Å². The summed E-state index contributed by atoms with van der Waals surface area (Å²) in [5, 5.41) is 5.84. The molecule has 4 nitrogen and oxygen atoms in total. The highest BCUT2D eigenvalue weighted by atomic mass is 16.5. The molecule has 0 radical (unpaired) electrons. The van der Waals surface area contributed by atoms with Gasteiger partial charge in [-0.15, -0.1) is 0 Å². The second-order valence-electron chi connectivity index (χ2n) is 3.91. The Morgan fingerprint density at radius 3 is 2.53 bits per heavy atom. The van der Waals surface area contributed by atoms with Gasteiger partial charge in [-0.25, -0.2) is 0 Å². The van der Waals surface area contributed by atoms with Crippen LogP contribution in [0, 0.1) is 0 Å². The van der Waals surface area contributed by atoms with E-state index in [1.54, 1.807) is 14.2 Å². The number of methoxy groups -OCH3 is 1. The molecule has 2 N–H and O–H groups in total. The number of amides is 1. The highest BCUT2D eigenvalue weighted by molar-refractivity contribution is 5.82. The SMILES string of the molecule is CNC(C(=O)NCc1ccccc1)[C@@H](C)OC. The van der Waals surface area contributed by atoms with Crippen LogP contribution < -0.4 is 10.6 Å². The minimum absolute atomic E-state index is 0.0503. The smallest absolute Gasteiger partial charge is 0.240 e. The van der Waals surface area contributed by atoms with Crippen molar-refractivity contribution in [2.75, 3.05) is 14.2 Å². The molecule has 0 saturated carbocycles. The Morgan fingerprint density at radius 1 is 1.35 bits per heavy atom. The van der Waals surface area contributed by atoms with Crippen LogP contribution in [0.15, 0.2) is 30.3 Å². The summed E-state index contributed by atoms with van der Waals surface area (Å²) in [6.45, 7) is 2.40. The van der Waals surface area contributed by atoms with Gasteiger partial charge in [0.1, 0.15) is 6.04 Å². The van der Waals surface area contributed by atoms with Gasteiger partial charge in [-0.2, -0.15) is 0 Å². The first-order valence-electron chi connectivity index (χ1n) is 5.70. The van der Waals surface area contributed by atoms with Crippen molar-refractivity contribution in [1.29, 1.82) is 0 Å². The Balaban J connectivity index is 2.48. The lowest BCUT2D eigenvalue weighted by Crippen LogP contribution is -2.49. The molecule has 0 aliphatic carbocycles. The van der Waals surface area contributed by atoms with Crippen molar-refractivity contribution in [3.63, 3.8) is 0 Å². The number of benzene rings is 1. The number of carbonyl (C=O) groups is 1. The molecule has 1 amide bonds. The van der Waals surface area contributed by atoms with Gasteiger partial charge in [0.15, 0.2) is 0 Å². The van der Waals surface area contributed by atoms with Crippen LogP contribution in [0.5, 0.6) is 0 Å². The van der Waals surface area contributed by atoms with Crippen molar-refractivity contribution in [3.05, 3.63) is 35.9 Å². The van der Waals surface area contributed by atoms with Crippen LogP contribution in [-0.2, 0) is 16.1 Å². The molecule has 0 aliphatic heterocycles.